The van der Waals surface area contributed by atoms with Gasteiger partial charge in [-0.25, -0.2) is 4.98 Å². The van der Waals surface area contributed by atoms with Gasteiger partial charge in [0.1, 0.15) is 0 Å². The highest BCUT2D eigenvalue weighted by atomic mass is 16.5. The van der Waals surface area contributed by atoms with E-state index >= 15 is 0 Å². The zero-order valence-corrected chi connectivity index (χ0v) is 18.7. The molecule has 4 rings (SSSR count). The molecule has 166 valence electrons. The van der Waals surface area contributed by atoms with Crippen LogP contribution >= 0.6 is 0 Å². The van der Waals surface area contributed by atoms with E-state index in [1.165, 1.54) is 5.56 Å². The molecule has 2 aromatic rings. The summed E-state index contributed by atoms with van der Waals surface area (Å²) in [7, 11) is 1.59. The Hall–Kier alpha value is -2.44. The number of methoxy groups -OCH3 is 1. The van der Waals surface area contributed by atoms with Crippen LogP contribution < -0.4 is 4.74 Å². The first kappa shape index (κ1) is 21.8. The van der Waals surface area contributed by atoms with E-state index in [-0.39, 0.29) is 23.7 Å². The number of pyridine rings is 1. The molecule has 2 fully saturated rings. The third kappa shape index (κ3) is 4.75. The molecule has 31 heavy (non-hydrogen) atoms. The zero-order valence-electron chi connectivity index (χ0n) is 18.7. The highest BCUT2D eigenvalue weighted by Gasteiger charge is 2.45. The number of hydrogen-bond donors (Lipinski definition) is 0. The van der Waals surface area contributed by atoms with Gasteiger partial charge in [-0.05, 0) is 38.3 Å². The van der Waals surface area contributed by atoms with Gasteiger partial charge < -0.3 is 19.1 Å². The SMILES string of the molecule is CCOC1CC(c2ccccc2)OC2(CCN(C(=O)c3cnc(OC)c(C)c3)CC2)C1. The van der Waals surface area contributed by atoms with Crippen molar-refractivity contribution < 1.29 is 19.0 Å². The average molecular weight is 425 g/mol. The summed E-state index contributed by atoms with van der Waals surface area (Å²) in [4.78, 5) is 19.2. The molecule has 2 atom stereocenters. The molecule has 2 aliphatic rings. The monoisotopic (exact) mass is 424 g/mol. The van der Waals surface area contributed by atoms with E-state index in [1.807, 2.05) is 30.9 Å². The number of amides is 1. The molecule has 1 aromatic carbocycles. The molecule has 1 aromatic heterocycles. The van der Waals surface area contributed by atoms with E-state index in [4.69, 9.17) is 14.2 Å². The van der Waals surface area contributed by atoms with Crippen LogP contribution in [0, 0.1) is 6.92 Å². The second-order valence-electron chi connectivity index (χ2n) is 8.56. The molecule has 6 nitrogen and oxygen atoms in total. The summed E-state index contributed by atoms with van der Waals surface area (Å²) in [6.45, 7) is 6.00. The van der Waals surface area contributed by atoms with Crippen LogP contribution in [0.5, 0.6) is 5.88 Å². The van der Waals surface area contributed by atoms with Crippen LogP contribution in [0.4, 0.5) is 0 Å². The largest absolute Gasteiger partial charge is 0.481 e. The maximum Gasteiger partial charge on any atom is 0.255 e. The number of aromatic nitrogens is 1. The molecule has 2 saturated heterocycles. The highest BCUT2D eigenvalue weighted by molar-refractivity contribution is 5.94. The Morgan fingerprint density at radius 1 is 1.26 bits per heavy atom. The lowest BCUT2D eigenvalue weighted by Crippen LogP contribution is -2.52. The Kier molecular flexibility index (Phi) is 6.58. The summed E-state index contributed by atoms with van der Waals surface area (Å²) in [5, 5.41) is 0. The fourth-order valence-electron chi connectivity index (χ4n) is 4.88. The van der Waals surface area contributed by atoms with Gasteiger partial charge in [0.15, 0.2) is 0 Å². The number of ether oxygens (including phenoxy) is 3. The van der Waals surface area contributed by atoms with E-state index in [0.29, 0.717) is 31.1 Å². The maximum atomic E-state index is 13.1. The number of benzene rings is 1. The van der Waals surface area contributed by atoms with Crippen molar-refractivity contribution in [2.75, 3.05) is 26.8 Å². The first-order valence-corrected chi connectivity index (χ1v) is 11.2. The molecular weight excluding hydrogens is 392 g/mol. The van der Waals surface area contributed by atoms with Gasteiger partial charge in [0.25, 0.3) is 5.91 Å². The molecule has 2 unspecified atom stereocenters. The second kappa shape index (κ2) is 9.37. The van der Waals surface area contributed by atoms with Gasteiger partial charge in [-0.15, -0.1) is 0 Å². The number of hydrogen-bond acceptors (Lipinski definition) is 5. The van der Waals surface area contributed by atoms with E-state index in [9.17, 15) is 4.79 Å². The molecule has 1 spiro atoms. The Bertz CT molecular complexity index is 894. The number of carbonyl (C=O) groups is 1. The van der Waals surface area contributed by atoms with Gasteiger partial charge in [0.2, 0.25) is 5.88 Å². The lowest BCUT2D eigenvalue weighted by molar-refractivity contribution is -0.190. The highest BCUT2D eigenvalue weighted by Crippen LogP contribution is 2.44. The summed E-state index contributed by atoms with van der Waals surface area (Å²) in [5.41, 5.74) is 2.42. The van der Waals surface area contributed by atoms with Gasteiger partial charge in [-0.3, -0.25) is 4.79 Å². The lowest BCUT2D eigenvalue weighted by atomic mass is 9.80. The molecule has 2 aliphatic heterocycles. The minimum Gasteiger partial charge on any atom is -0.481 e. The zero-order chi connectivity index (χ0) is 21.8. The smallest absolute Gasteiger partial charge is 0.255 e. The molecule has 1 amide bonds. The first-order chi connectivity index (χ1) is 15.0. The van der Waals surface area contributed by atoms with Crippen LogP contribution in [-0.2, 0) is 9.47 Å². The number of aryl methyl sites for hydroxylation is 1. The Labute approximate surface area is 184 Å². The molecule has 0 bridgehead atoms. The van der Waals surface area contributed by atoms with Gasteiger partial charge in [-0.2, -0.15) is 0 Å². The second-order valence-corrected chi connectivity index (χ2v) is 8.56. The van der Waals surface area contributed by atoms with Crippen LogP contribution in [0.1, 0.15) is 60.2 Å². The van der Waals surface area contributed by atoms with Crippen molar-refractivity contribution in [2.24, 2.45) is 0 Å². The van der Waals surface area contributed by atoms with Crippen molar-refractivity contribution in [3.8, 4) is 5.88 Å². The molecular formula is C25H32N2O4. The van der Waals surface area contributed by atoms with Gasteiger partial charge in [-0.1, -0.05) is 30.3 Å². The van der Waals surface area contributed by atoms with Crippen molar-refractivity contribution in [3.05, 3.63) is 59.3 Å². The molecule has 3 heterocycles. The maximum absolute atomic E-state index is 13.1. The van der Waals surface area contributed by atoms with Crippen LogP contribution in [0.3, 0.4) is 0 Å². The van der Waals surface area contributed by atoms with Crippen LogP contribution in [0.15, 0.2) is 42.6 Å². The third-order valence-corrected chi connectivity index (χ3v) is 6.48. The van der Waals surface area contributed by atoms with E-state index in [2.05, 4.69) is 29.2 Å². The fraction of sp³-hybridized carbons (Fsp3) is 0.520. The number of nitrogens with zero attached hydrogens (tertiary/aromatic N) is 2. The van der Waals surface area contributed by atoms with E-state index in [0.717, 1.165) is 31.2 Å². The van der Waals surface area contributed by atoms with Gasteiger partial charge >= 0.3 is 0 Å². The topological polar surface area (TPSA) is 60.9 Å². The van der Waals surface area contributed by atoms with Gasteiger partial charge in [0, 0.05) is 44.3 Å². The van der Waals surface area contributed by atoms with Gasteiger partial charge in [0.05, 0.1) is 30.5 Å². The predicted octanol–water partition coefficient (Wildman–Crippen LogP) is 4.33. The molecule has 0 N–H and O–H groups in total. The summed E-state index contributed by atoms with van der Waals surface area (Å²) in [6, 6.07) is 12.3. The average Bonchev–Trinajstić information content (AvgIpc) is 2.79. The van der Waals surface area contributed by atoms with E-state index < -0.39 is 0 Å². The van der Waals surface area contributed by atoms with Crippen molar-refractivity contribution in [3.63, 3.8) is 0 Å². The summed E-state index contributed by atoms with van der Waals surface area (Å²) in [5.74, 6) is 0.573. The van der Waals surface area contributed by atoms with Crippen LogP contribution in [0.2, 0.25) is 0 Å². The minimum atomic E-state index is -0.247. The van der Waals surface area contributed by atoms with Crippen molar-refractivity contribution in [1.82, 2.24) is 9.88 Å². The number of carbonyl (C=O) groups excluding carboxylic acids is 1. The summed E-state index contributed by atoms with van der Waals surface area (Å²) >= 11 is 0. The normalized spacial score (nSPS) is 23.0. The van der Waals surface area contributed by atoms with Crippen molar-refractivity contribution >= 4 is 5.91 Å². The van der Waals surface area contributed by atoms with E-state index in [1.54, 1.807) is 13.3 Å². The Morgan fingerprint density at radius 2 is 2.00 bits per heavy atom. The number of piperidine rings is 1. The van der Waals surface area contributed by atoms with Crippen molar-refractivity contribution in [2.45, 2.75) is 57.3 Å². The standard InChI is InChI=1S/C25H32N2O4/c1-4-30-21-15-22(19-8-6-5-7-9-19)31-25(16-21)10-12-27(13-11-25)24(28)20-14-18(2)23(29-3)26-17-20/h5-9,14,17,21-22H,4,10-13,15-16H2,1-3H3. The Morgan fingerprint density at radius 3 is 2.65 bits per heavy atom. The number of rotatable bonds is 5. The molecule has 0 saturated carbocycles. The third-order valence-electron chi connectivity index (χ3n) is 6.48. The molecule has 0 aliphatic carbocycles. The molecule has 0 radical (unpaired) electrons. The Balaban J connectivity index is 1.46. The lowest BCUT2D eigenvalue weighted by Gasteiger charge is -2.48. The predicted molar refractivity (Wildman–Crippen MR) is 118 cm³/mol. The quantitative estimate of drug-likeness (QED) is 0.715. The minimum absolute atomic E-state index is 0.0184. The first-order valence-electron chi connectivity index (χ1n) is 11.2. The molecule has 6 heteroatoms. The number of likely N-dealkylation sites (tertiary alicyclic amines) is 1. The summed E-state index contributed by atoms with van der Waals surface area (Å²) in [6.07, 6.45) is 5.20. The summed E-state index contributed by atoms with van der Waals surface area (Å²) < 4.78 is 18.0. The van der Waals surface area contributed by atoms with Crippen molar-refractivity contribution in [1.29, 1.82) is 0 Å². The van der Waals surface area contributed by atoms with Crippen LogP contribution in [0.25, 0.3) is 0 Å². The fourth-order valence-corrected chi connectivity index (χ4v) is 4.88. The van der Waals surface area contributed by atoms with Crippen LogP contribution in [-0.4, -0.2) is 54.3 Å².